The van der Waals surface area contributed by atoms with Crippen molar-refractivity contribution in [3.05, 3.63) is 48.4 Å². The van der Waals surface area contributed by atoms with E-state index in [1.807, 2.05) is 18.2 Å². The van der Waals surface area contributed by atoms with Crippen LogP contribution in [0.5, 0.6) is 0 Å². The molecule has 4 heterocycles. The number of nitrogens with zero attached hydrogens (tertiary/aromatic N) is 5. The molecule has 1 amide bonds. The maximum absolute atomic E-state index is 12.8. The number of likely N-dealkylation sites (tertiary alicyclic amines) is 1. The summed E-state index contributed by atoms with van der Waals surface area (Å²) in [7, 11) is 0. The van der Waals surface area contributed by atoms with Crippen LogP contribution < -0.4 is 0 Å². The number of hydrogen-bond acceptors (Lipinski definition) is 7. The van der Waals surface area contributed by atoms with Crippen LogP contribution in [-0.2, 0) is 0 Å². The normalized spacial score (nSPS) is 17.8. The highest BCUT2D eigenvalue weighted by Gasteiger charge is 2.33. The third-order valence-corrected chi connectivity index (χ3v) is 4.09. The molecule has 1 aliphatic heterocycles. The zero-order valence-electron chi connectivity index (χ0n) is 12.8. The van der Waals surface area contributed by atoms with E-state index in [1.54, 1.807) is 17.2 Å². The van der Waals surface area contributed by atoms with Gasteiger partial charge in [0.15, 0.2) is 5.82 Å². The Morgan fingerprint density at radius 1 is 1.17 bits per heavy atom. The molecule has 1 saturated heterocycles. The molecule has 1 fully saturated rings. The Bertz CT molecular complexity index is 815. The molecule has 0 spiro atoms. The lowest BCUT2D eigenvalue weighted by molar-refractivity contribution is 0.0555. The number of pyridine rings is 1. The van der Waals surface area contributed by atoms with Crippen molar-refractivity contribution in [2.75, 3.05) is 6.54 Å². The summed E-state index contributed by atoms with van der Waals surface area (Å²) in [6.45, 7) is 0.623. The fourth-order valence-electron chi connectivity index (χ4n) is 2.92. The van der Waals surface area contributed by atoms with Gasteiger partial charge < -0.3 is 13.9 Å². The molecule has 0 aromatic carbocycles. The predicted octanol–water partition coefficient (Wildman–Crippen LogP) is 2.49. The van der Waals surface area contributed by atoms with Gasteiger partial charge in [-0.2, -0.15) is 4.98 Å². The summed E-state index contributed by atoms with van der Waals surface area (Å²) in [4.78, 5) is 22.9. The molecule has 1 unspecified atom stereocenters. The average molecular weight is 325 g/mol. The van der Waals surface area contributed by atoms with Crippen molar-refractivity contribution in [3.8, 4) is 11.4 Å². The van der Waals surface area contributed by atoms with Gasteiger partial charge in [-0.25, -0.2) is 0 Å². The molecule has 1 atom stereocenters. The van der Waals surface area contributed by atoms with Crippen LogP contribution in [0.3, 0.4) is 0 Å². The summed E-state index contributed by atoms with van der Waals surface area (Å²) in [5, 5.41) is 7.84. The summed E-state index contributed by atoms with van der Waals surface area (Å²) < 4.78 is 10.1. The quantitative estimate of drug-likeness (QED) is 0.729. The molecule has 8 nitrogen and oxygen atoms in total. The number of hydrogen-bond donors (Lipinski definition) is 0. The van der Waals surface area contributed by atoms with Crippen LogP contribution in [-0.4, -0.2) is 37.6 Å². The molecular formula is C16H15N5O3. The second kappa shape index (κ2) is 6.23. The number of carbonyl (C=O) groups is 1. The van der Waals surface area contributed by atoms with Crippen molar-refractivity contribution in [2.45, 2.75) is 25.3 Å². The molecule has 0 bridgehead atoms. The third-order valence-electron chi connectivity index (χ3n) is 4.09. The Balaban J connectivity index is 1.59. The smallest absolute Gasteiger partial charge is 0.293 e. The van der Waals surface area contributed by atoms with E-state index < -0.39 is 0 Å². The monoisotopic (exact) mass is 325 g/mol. The molecule has 3 aromatic rings. The Kier molecular flexibility index (Phi) is 3.78. The minimum atomic E-state index is -0.223. The Morgan fingerprint density at radius 2 is 2.12 bits per heavy atom. The van der Waals surface area contributed by atoms with E-state index in [9.17, 15) is 4.79 Å². The molecular weight excluding hydrogens is 310 g/mol. The van der Waals surface area contributed by atoms with Gasteiger partial charge in [0.1, 0.15) is 5.69 Å². The van der Waals surface area contributed by atoms with Crippen LogP contribution >= 0.6 is 0 Å². The first-order valence-electron chi connectivity index (χ1n) is 7.78. The number of piperidine rings is 1. The zero-order chi connectivity index (χ0) is 16.4. The Labute approximate surface area is 137 Å². The molecule has 8 heteroatoms. The van der Waals surface area contributed by atoms with Crippen molar-refractivity contribution in [1.29, 1.82) is 0 Å². The highest BCUT2D eigenvalue weighted by molar-refractivity contribution is 5.92. The first-order valence-corrected chi connectivity index (χ1v) is 7.78. The van der Waals surface area contributed by atoms with Gasteiger partial charge in [0.05, 0.1) is 11.7 Å². The van der Waals surface area contributed by atoms with E-state index in [-0.39, 0.29) is 17.7 Å². The van der Waals surface area contributed by atoms with Gasteiger partial charge in [-0.1, -0.05) is 16.4 Å². The average Bonchev–Trinajstić information content (AvgIpc) is 3.34. The fraction of sp³-hybridized carbons (Fsp3) is 0.312. The van der Waals surface area contributed by atoms with Gasteiger partial charge in [0.2, 0.25) is 12.2 Å². The summed E-state index contributed by atoms with van der Waals surface area (Å²) >= 11 is 0. The van der Waals surface area contributed by atoms with Crippen molar-refractivity contribution in [3.63, 3.8) is 0 Å². The molecule has 24 heavy (non-hydrogen) atoms. The van der Waals surface area contributed by atoms with Crippen LogP contribution in [0, 0.1) is 0 Å². The van der Waals surface area contributed by atoms with Gasteiger partial charge in [-0.15, -0.1) is 0 Å². The molecule has 0 radical (unpaired) electrons. The van der Waals surface area contributed by atoms with E-state index in [2.05, 4.69) is 20.3 Å². The lowest BCUT2D eigenvalue weighted by atomic mass is 10.0. The number of aromatic nitrogens is 4. The maximum Gasteiger partial charge on any atom is 0.293 e. The standard InChI is InChI=1S/C16H15N5O3/c22-16(14-9-12(19-24-14)11-5-1-3-7-17-11)21-8-4-2-6-13(21)15-18-10-23-20-15/h1,3,5,7,9-10,13H,2,4,6,8H2. The van der Waals surface area contributed by atoms with Gasteiger partial charge in [0.25, 0.3) is 5.91 Å². The van der Waals surface area contributed by atoms with Crippen LogP contribution in [0.4, 0.5) is 0 Å². The highest BCUT2D eigenvalue weighted by Crippen LogP contribution is 2.30. The fourth-order valence-corrected chi connectivity index (χ4v) is 2.92. The summed E-state index contributed by atoms with van der Waals surface area (Å²) in [5.41, 5.74) is 1.20. The molecule has 122 valence electrons. The zero-order valence-corrected chi connectivity index (χ0v) is 12.8. The molecule has 0 saturated carbocycles. The van der Waals surface area contributed by atoms with E-state index in [0.717, 1.165) is 19.3 Å². The minimum absolute atomic E-state index is 0.186. The van der Waals surface area contributed by atoms with Crippen molar-refractivity contribution < 1.29 is 13.8 Å². The van der Waals surface area contributed by atoms with Crippen molar-refractivity contribution in [2.24, 2.45) is 0 Å². The van der Waals surface area contributed by atoms with E-state index in [0.29, 0.717) is 23.8 Å². The SMILES string of the molecule is O=C(c1cc(-c2ccccn2)no1)N1CCCCC1c1ncon1. The summed E-state index contributed by atoms with van der Waals surface area (Å²) in [6.07, 6.45) is 5.69. The first-order chi connectivity index (χ1) is 11.8. The summed E-state index contributed by atoms with van der Waals surface area (Å²) in [6, 6.07) is 6.91. The third kappa shape index (κ3) is 2.66. The lowest BCUT2D eigenvalue weighted by Crippen LogP contribution is -2.38. The van der Waals surface area contributed by atoms with E-state index in [4.69, 9.17) is 9.05 Å². The largest absolute Gasteiger partial charge is 0.350 e. The first kappa shape index (κ1) is 14.6. The Morgan fingerprint density at radius 3 is 2.92 bits per heavy atom. The van der Waals surface area contributed by atoms with Gasteiger partial charge >= 0.3 is 0 Å². The van der Waals surface area contributed by atoms with Gasteiger partial charge in [-0.3, -0.25) is 9.78 Å². The molecule has 3 aromatic heterocycles. The van der Waals surface area contributed by atoms with E-state index in [1.165, 1.54) is 6.39 Å². The number of amides is 1. The van der Waals surface area contributed by atoms with Crippen LogP contribution in [0.15, 0.2) is 45.9 Å². The summed E-state index contributed by atoms with van der Waals surface area (Å²) in [5.74, 6) is 0.484. The molecule has 4 rings (SSSR count). The second-order valence-electron chi connectivity index (χ2n) is 5.59. The highest BCUT2D eigenvalue weighted by atomic mass is 16.5. The van der Waals surface area contributed by atoms with E-state index >= 15 is 0 Å². The minimum Gasteiger partial charge on any atom is -0.350 e. The molecule has 0 N–H and O–H groups in total. The predicted molar refractivity (Wildman–Crippen MR) is 81.7 cm³/mol. The van der Waals surface area contributed by atoms with Crippen LogP contribution in [0.25, 0.3) is 11.4 Å². The van der Waals surface area contributed by atoms with Gasteiger partial charge in [-0.05, 0) is 31.4 Å². The second-order valence-corrected chi connectivity index (χ2v) is 5.59. The number of carbonyl (C=O) groups excluding carboxylic acids is 1. The number of rotatable bonds is 3. The lowest BCUT2D eigenvalue weighted by Gasteiger charge is -2.32. The maximum atomic E-state index is 12.8. The van der Waals surface area contributed by atoms with Crippen molar-refractivity contribution >= 4 is 5.91 Å². The molecule has 0 aliphatic carbocycles. The topological polar surface area (TPSA) is 98.2 Å². The Hall–Kier alpha value is -3.03. The molecule has 1 aliphatic rings. The van der Waals surface area contributed by atoms with Crippen molar-refractivity contribution in [1.82, 2.24) is 25.2 Å². The van der Waals surface area contributed by atoms with Crippen LogP contribution in [0.1, 0.15) is 41.7 Å². The van der Waals surface area contributed by atoms with Gasteiger partial charge in [0, 0.05) is 18.8 Å². The van der Waals surface area contributed by atoms with Crippen LogP contribution in [0.2, 0.25) is 0 Å².